The second kappa shape index (κ2) is 8.33. The van der Waals surface area contributed by atoms with Gasteiger partial charge in [0.2, 0.25) is 5.82 Å². The van der Waals surface area contributed by atoms with Crippen molar-refractivity contribution in [3.63, 3.8) is 0 Å². The fourth-order valence-corrected chi connectivity index (χ4v) is 5.35. The number of alkyl halides is 3. The Hall–Kier alpha value is -3.14. The Balaban J connectivity index is 1.29. The molecule has 0 aliphatic carbocycles. The van der Waals surface area contributed by atoms with E-state index >= 15 is 0 Å². The largest absolute Gasteiger partial charge is 0.449 e. The summed E-state index contributed by atoms with van der Waals surface area (Å²) < 4.78 is 43.9. The van der Waals surface area contributed by atoms with Crippen LogP contribution in [0.1, 0.15) is 34.0 Å². The Labute approximate surface area is 192 Å². The molecule has 1 amide bonds. The number of fused-ring (bicyclic) bond motifs is 1. The third-order valence-electron chi connectivity index (χ3n) is 6.06. The molecule has 10 heteroatoms. The molecule has 172 valence electrons. The number of aromatic nitrogens is 4. The molecule has 0 N–H and O–H groups in total. The number of amides is 1. The van der Waals surface area contributed by atoms with Crippen LogP contribution in [-0.4, -0.2) is 43.0 Å². The molecule has 1 aliphatic heterocycles. The minimum atomic E-state index is -4.52. The van der Waals surface area contributed by atoms with Crippen molar-refractivity contribution in [2.75, 3.05) is 13.1 Å². The number of para-hydroxylation sites is 2. The maximum atomic E-state index is 13.6. The summed E-state index contributed by atoms with van der Waals surface area (Å²) in [5.41, 5.74) is 1.52. The van der Waals surface area contributed by atoms with Crippen molar-refractivity contribution in [3.05, 3.63) is 65.2 Å². The number of imidazole rings is 1. The summed E-state index contributed by atoms with van der Waals surface area (Å²) in [6.07, 6.45) is 0.520. The number of benzene rings is 1. The van der Waals surface area contributed by atoms with Crippen LogP contribution >= 0.6 is 11.3 Å². The van der Waals surface area contributed by atoms with Crippen LogP contribution in [0.2, 0.25) is 0 Å². The van der Waals surface area contributed by atoms with Crippen LogP contribution in [0.5, 0.6) is 0 Å². The van der Waals surface area contributed by atoms with E-state index in [1.807, 2.05) is 36.0 Å². The quantitative estimate of drug-likeness (QED) is 0.411. The molecule has 1 fully saturated rings. The second-order valence-corrected chi connectivity index (χ2v) is 9.25. The van der Waals surface area contributed by atoms with E-state index in [1.165, 1.54) is 15.9 Å². The standard InChI is InChI=1S/C23H22F3N5OS/c1-15-19(33-22(27-15)30-10-4-5-11-30)20(32)29-12-8-16(9-13-29)14-31-18-7-3-2-6-17(18)28-21(31)23(24,25)26/h2-7,10-11,16H,8-9,12-14H2,1H3. The molecule has 1 aliphatic rings. The van der Waals surface area contributed by atoms with Gasteiger partial charge in [0.15, 0.2) is 5.13 Å². The summed E-state index contributed by atoms with van der Waals surface area (Å²) in [4.78, 5) is 23.8. The number of aryl methyl sites for hydroxylation is 1. The number of carbonyl (C=O) groups is 1. The summed E-state index contributed by atoms with van der Waals surface area (Å²) in [5, 5.41) is 0.738. The first-order chi connectivity index (χ1) is 15.8. The fourth-order valence-electron chi connectivity index (χ4n) is 4.35. The third kappa shape index (κ3) is 4.15. The normalized spacial score (nSPS) is 15.5. The van der Waals surface area contributed by atoms with E-state index in [9.17, 15) is 18.0 Å². The monoisotopic (exact) mass is 473 g/mol. The van der Waals surface area contributed by atoms with Gasteiger partial charge in [0, 0.05) is 32.0 Å². The van der Waals surface area contributed by atoms with Crippen LogP contribution in [0.4, 0.5) is 13.2 Å². The fraction of sp³-hybridized carbons (Fsp3) is 0.348. The highest BCUT2D eigenvalue weighted by atomic mass is 32.1. The van der Waals surface area contributed by atoms with E-state index in [1.54, 1.807) is 29.2 Å². The smallest absolute Gasteiger partial charge is 0.338 e. The van der Waals surface area contributed by atoms with Crippen LogP contribution in [0.3, 0.4) is 0 Å². The van der Waals surface area contributed by atoms with E-state index in [-0.39, 0.29) is 18.4 Å². The molecular formula is C23H22F3N5OS. The first kappa shape index (κ1) is 21.7. The van der Waals surface area contributed by atoms with Gasteiger partial charge in [-0.15, -0.1) is 0 Å². The van der Waals surface area contributed by atoms with Crippen LogP contribution < -0.4 is 0 Å². The number of rotatable bonds is 4. The molecule has 0 saturated carbocycles. The number of piperidine rings is 1. The van der Waals surface area contributed by atoms with Gasteiger partial charge in [0.25, 0.3) is 5.91 Å². The topological polar surface area (TPSA) is 56.0 Å². The highest BCUT2D eigenvalue weighted by Gasteiger charge is 2.38. The average Bonchev–Trinajstić information content (AvgIpc) is 3.52. The van der Waals surface area contributed by atoms with Crippen molar-refractivity contribution in [1.82, 2.24) is 24.0 Å². The Morgan fingerprint density at radius 3 is 2.48 bits per heavy atom. The SMILES string of the molecule is Cc1nc(-n2cccc2)sc1C(=O)N1CCC(Cn2c(C(F)(F)F)nc3ccccc32)CC1. The molecule has 0 spiro atoms. The number of carbonyl (C=O) groups excluding carboxylic acids is 1. The van der Waals surface area contributed by atoms with Crippen molar-refractivity contribution < 1.29 is 18.0 Å². The van der Waals surface area contributed by atoms with Crippen molar-refractivity contribution in [3.8, 4) is 5.13 Å². The summed E-state index contributed by atoms with van der Waals surface area (Å²) in [5.74, 6) is -0.892. The molecule has 0 atom stereocenters. The molecule has 4 aromatic rings. The van der Waals surface area contributed by atoms with Gasteiger partial charge in [-0.1, -0.05) is 23.5 Å². The van der Waals surface area contributed by atoms with E-state index in [4.69, 9.17) is 0 Å². The van der Waals surface area contributed by atoms with Crippen molar-refractivity contribution in [2.24, 2.45) is 5.92 Å². The lowest BCUT2D eigenvalue weighted by Gasteiger charge is -2.32. The number of hydrogen-bond acceptors (Lipinski definition) is 4. The predicted octanol–water partition coefficient (Wildman–Crippen LogP) is 5.16. The zero-order valence-corrected chi connectivity index (χ0v) is 18.7. The van der Waals surface area contributed by atoms with Crippen LogP contribution in [0.15, 0.2) is 48.8 Å². The molecule has 1 aromatic carbocycles. The Morgan fingerprint density at radius 2 is 1.79 bits per heavy atom. The van der Waals surface area contributed by atoms with Gasteiger partial charge in [-0.05, 0) is 49.9 Å². The number of hydrogen-bond donors (Lipinski definition) is 0. The lowest BCUT2D eigenvalue weighted by Crippen LogP contribution is -2.39. The van der Waals surface area contributed by atoms with Gasteiger partial charge < -0.3 is 14.0 Å². The Morgan fingerprint density at radius 1 is 1.09 bits per heavy atom. The lowest BCUT2D eigenvalue weighted by molar-refractivity contribution is -0.147. The minimum absolute atomic E-state index is 0.0331. The molecule has 4 heterocycles. The van der Waals surface area contributed by atoms with E-state index in [0.29, 0.717) is 47.5 Å². The summed E-state index contributed by atoms with van der Waals surface area (Å²) in [6.45, 7) is 3.07. The number of nitrogens with zero attached hydrogens (tertiary/aromatic N) is 5. The summed E-state index contributed by atoms with van der Waals surface area (Å²) in [6, 6.07) is 10.5. The van der Waals surface area contributed by atoms with Crippen molar-refractivity contribution >= 4 is 28.3 Å². The van der Waals surface area contributed by atoms with Gasteiger partial charge in [-0.2, -0.15) is 13.2 Å². The van der Waals surface area contributed by atoms with Crippen LogP contribution in [0, 0.1) is 12.8 Å². The van der Waals surface area contributed by atoms with Gasteiger partial charge in [0.05, 0.1) is 16.7 Å². The molecule has 6 nitrogen and oxygen atoms in total. The van der Waals surface area contributed by atoms with Gasteiger partial charge in [-0.3, -0.25) is 4.79 Å². The zero-order chi connectivity index (χ0) is 23.2. The number of halogens is 3. The maximum absolute atomic E-state index is 13.6. The lowest BCUT2D eigenvalue weighted by atomic mass is 9.96. The van der Waals surface area contributed by atoms with Crippen molar-refractivity contribution in [2.45, 2.75) is 32.5 Å². The predicted molar refractivity (Wildman–Crippen MR) is 120 cm³/mol. The molecule has 0 radical (unpaired) electrons. The Kier molecular flexibility index (Phi) is 5.48. The molecular weight excluding hydrogens is 451 g/mol. The summed E-state index contributed by atoms with van der Waals surface area (Å²) >= 11 is 1.35. The maximum Gasteiger partial charge on any atom is 0.449 e. The van der Waals surface area contributed by atoms with E-state index < -0.39 is 12.0 Å². The molecule has 0 unspecified atom stereocenters. The molecule has 1 saturated heterocycles. The number of likely N-dealkylation sites (tertiary alicyclic amines) is 1. The first-order valence-corrected chi connectivity index (χ1v) is 11.6. The molecule has 3 aromatic heterocycles. The highest BCUT2D eigenvalue weighted by molar-refractivity contribution is 7.16. The first-order valence-electron chi connectivity index (χ1n) is 10.7. The second-order valence-electron chi connectivity index (χ2n) is 8.27. The van der Waals surface area contributed by atoms with E-state index in [2.05, 4.69) is 9.97 Å². The minimum Gasteiger partial charge on any atom is -0.338 e. The summed E-state index contributed by atoms with van der Waals surface area (Å²) in [7, 11) is 0. The Bertz CT molecular complexity index is 1280. The van der Waals surface area contributed by atoms with Crippen molar-refractivity contribution in [1.29, 1.82) is 0 Å². The molecule has 33 heavy (non-hydrogen) atoms. The van der Waals surface area contributed by atoms with Gasteiger partial charge >= 0.3 is 6.18 Å². The van der Waals surface area contributed by atoms with Crippen LogP contribution in [-0.2, 0) is 12.7 Å². The highest BCUT2D eigenvalue weighted by Crippen LogP contribution is 2.33. The van der Waals surface area contributed by atoms with Gasteiger partial charge in [0.1, 0.15) is 4.88 Å². The zero-order valence-electron chi connectivity index (χ0n) is 17.9. The van der Waals surface area contributed by atoms with Gasteiger partial charge in [-0.25, -0.2) is 9.97 Å². The molecule has 5 rings (SSSR count). The van der Waals surface area contributed by atoms with E-state index in [0.717, 1.165) is 5.13 Å². The third-order valence-corrected chi connectivity index (χ3v) is 7.21. The van der Waals surface area contributed by atoms with Crippen LogP contribution in [0.25, 0.3) is 16.2 Å². The average molecular weight is 474 g/mol. The number of thiazole rings is 1. The molecule has 0 bridgehead atoms.